The standard InChI is InChI=1S/C27H25ClN2O3/c28-25-11-8-19(14-24(25)27(32)33)18-5-3-4-17(12-18)15-29-21-9-10-23-20(13-21)16-30(26(23)31)22-6-1-2-7-22/h3-5,8-14,22,29H,1-2,6-7,15-16H2,(H,32,33). The van der Waals surface area contributed by atoms with Gasteiger partial charge in [0.15, 0.2) is 0 Å². The first-order valence-corrected chi connectivity index (χ1v) is 11.7. The van der Waals surface area contributed by atoms with E-state index >= 15 is 0 Å². The van der Waals surface area contributed by atoms with Gasteiger partial charge in [-0.25, -0.2) is 4.79 Å². The first kappa shape index (κ1) is 21.5. The van der Waals surface area contributed by atoms with Gasteiger partial charge >= 0.3 is 5.97 Å². The average molecular weight is 461 g/mol. The third-order valence-electron chi connectivity index (χ3n) is 6.66. The third kappa shape index (κ3) is 4.33. The molecule has 6 heteroatoms. The molecule has 1 saturated carbocycles. The Morgan fingerprint density at radius 2 is 1.82 bits per heavy atom. The maximum Gasteiger partial charge on any atom is 0.337 e. The molecule has 0 spiro atoms. The third-order valence-corrected chi connectivity index (χ3v) is 6.99. The van der Waals surface area contributed by atoms with Crippen molar-refractivity contribution in [3.63, 3.8) is 0 Å². The second-order valence-electron chi connectivity index (χ2n) is 8.80. The molecule has 1 aliphatic heterocycles. The quantitative estimate of drug-likeness (QED) is 0.458. The molecule has 0 atom stereocenters. The fourth-order valence-electron chi connectivity index (χ4n) is 4.90. The van der Waals surface area contributed by atoms with Crippen LogP contribution in [0.1, 0.15) is 57.5 Å². The Labute approximate surface area is 198 Å². The Balaban J connectivity index is 1.30. The summed E-state index contributed by atoms with van der Waals surface area (Å²) in [7, 11) is 0. The lowest BCUT2D eigenvalue weighted by atomic mass is 10.0. The molecule has 2 aliphatic rings. The van der Waals surface area contributed by atoms with Crippen molar-refractivity contribution in [1.82, 2.24) is 4.90 Å². The molecule has 0 unspecified atom stereocenters. The van der Waals surface area contributed by atoms with E-state index in [1.807, 2.05) is 47.4 Å². The molecule has 0 aromatic heterocycles. The minimum absolute atomic E-state index is 0.0945. The van der Waals surface area contributed by atoms with Crippen LogP contribution in [0.4, 0.5) is 5.69 Å². The van der Waals surface area contributed by atoms with Crippen molar-refractivity contribution in [2.45, 2.75) is 44.8 Å². The number of carbonyl (C=O) groups is 2. The van der Waals surface area contributed by atoms with Gasteiger partial charge in [-0.15, -0.1) is 0 Å². The smallest absolute Gasteiger partial charge is 0.337 e. The number of amides is 1. The van der Waals surface area contributed by atoms with Crippen LogP contribution >= 0.6 is 11.6 Å². The van der Waals surface area contributed by atoms with Crippen LogP contribution in [0.15, 0.2) is 60.7 Å². The van der Waals surface area contributed by atoms with E-state index in [0.717, 1.165) is 46.3 Å². The van der Waals surface area contributed by atoms with Crippen molar-refractivity contribution >= 4 is 29.2 Å². The van der Waals surface area contributed by atoms with Gasteiger partial charge in [0.25, 0.3) is 5.91 Å². The molecule has 0 bridgehead atoms. The number of aromatic carboxylic acids is 1. The molecule has 2 N–H and O–H groups in total. The molecular weight excluding hydrogens is 436 g/mol. The van der Waals surface area contributed by atoms with Gasteiger partial charge in [0.1, 0.15) is 0 Å². The molecule has 0 radical (unpaired) electrons. The van der Waals surface area contributed by atoms with E-state index in [9.17, 15) is 14.7 Å². The zero-order chi connectivity index (χ0) is 22.9. The van der Waals surface area contributed by atoms with Gasteiger partial charge < -0.3 is 15.3 Å². The Morgan fingerprint density at radius 3 is 2.61 bits per heavy atom. The van der Waals surface area contributed by atoms with Crippen molar-refractivity contribution in [1.29, 1.82) is 0 Å². The van der Waals surface area contributed by atoms with Gasteiger partial charge in [0.2, 0.25) is 0 Å². The molecule has 33 heavy (non-hydrogen) atoms. The minimum Gasteiger partial charge on any atom is -0.478 e. The molecule has 0 saturated heterocycles. The Hall–Kier alpha value is -3.31. The van der Waals surface area contributed by atoms with Crippen molar-refractivity contribution in [2.75, 3.05) is 5.32 Å². The van der Waals surface area contributed by atoms with Crippen LogP contribution in [0.25, 0.3) is 11.1 Å². The van der Waals surface area contributed by atoms with Gasteiger partial charge in [-0.1, -0.05) is 48.7 Å². The summed E-state index contributed by atoms with van der Waals surface area (Å²) in [6.45, 7) is 1.32. The molecular formula is C27H25ClN2O3. The van der Waals surface area contributed by atoms with Gasteiger partial charge in [0, 0.05) is 30.4 Å². The highest BCUT2D eigenvalue weighted by molar-refractivity contribution is 6.33. The van der Waals surface area contributed by atoms with Gasteiger partial charge in [-0.3, -0.25) is 4.79 Å². The summed E-state index contributed by atoms with van der Waals surface area (Å²) in [5, 5.41) is 13.0. The van der Waals surface area contributed by atoms with Crippen LogP contribution in [0.5, 0.6) is 0 Å². The number of benzene rings is 3. The molecule has 168 valence electrons. The first-order chi connectivity index (χ1) is 16.0. The molecule has 1 heterocycles. The van der Waals surface area contributed by atoms with E-state index in [4.69, 9.17) is 11.6 Å². The number of anilines is 1. The lowest BCUT2D eigenvalue weighted by Crippen LogP contribution is -2.33. The maximum absolute atomic E-state index is 12.8. The highest BCUT2D eigenvalue weighted by Gasteiger charge is 2.33. The molecule has 1 aliphatic carbocycles. The summed E-state index contributed by atoms with van der Waals surface area (Å²) in [6, 6.07) is 19.4. The molecule has 1 amide bonds. The minimum atomic E-state index is -1.04. The highest BCUT2D eigenvalue weighted by Crippen LogP contribution is 2.33. The number of carboxylic acid groups (broad SMARTS) is 1. The van der Waals surface area contributed by atoms with Crippen molar-refractivity contribution < 1.29 is 14.7 Å². The number of carboxylic acids is 1. The fraction of sp³-hybridized carbons (Fsp3) is 0.259. The van der Waals surface area contributed by atoms with Crippen LogP contribution in [-0.4, -0.2) is 27.9 Å². The predicted molar refractivity (Wildman–Crippen MR) is 130 cm³/mol. The predicted octanol–water partition coefficient (Wildman–Crippen LogP) is 6.22. The second kappa shape index (κ2) is 8.91. The zero-order valence-corrected chi connectivity index (χ0v) is 18.9. The lowest BCUT2D eigenvalue weighted by molar-refractivity contribution is 0.0691. The number of carbonyl (C=O) groups excluding carboxylic acids is 1. The highest BCUT2D eigenvalue weighted by atomic mass is 35.5. The van der Waals surface area contributed by atoms with Crippen LogP contribution in [-0.2, 0) is 13.1 Å². The number of hydrogen-bond donors (Lipinski definition) is 2. The topological polar surface area (TPSA) is 69.6 Å². The Morgan fingerprint density at radius 1 is 1.03 bits per heavy atom. The van der Waals surface area contributed by atoms with E-state index in [1.165, 1.54) is 12.8 Å². The number of halogens is 1. The summed E-state index contributed by atoms with van der Waals surface area (Å²) >= 11 is 6.01. The zero-order valence-electron chi connectivity index (χ0n) is 18.2. The van der Waals surface area contributed by atoms with Crippen molar-refractivity contribution in [3.05, 3.63) is 87.9 Å². The van der Waals surface area contributed by atoms with Crippen molar-refractivity contribution in [3.8, 4) is 11.1 Å². The Bertz CT molecular complexity index is 1230. The van der Waals surface area contributed by atoms with Crippen LogP contribution in [0.2, 0.25) is 5.02 Å². The van der Waals surface area contributed by atoms with Crippen molar-refractivity contribution in [2.24, 2.45) is 0 Å². The normalized spacial score (nSPS) is 15.7. The van der Waals surface area contributed by atoms with Crippen LogP contribution in [0, 0.1) is 0 Å². The number of rotatable bonds is 6. The molecule has 5 rings (SSSR count). The maximum atomic E-state index is 12.8. The molecule has 3 aromatic rings. The van der Waals surface area contributed by atoms with Gasteiger partial charge in [-0.05, 0) is 71.5 Å². The largest absolute Gasteiger partial charge is 0.478 e. The first-order valence-electron chi connectivity index (χ1n) is 11.3. The lowest BCUT2D eigenvalue weighted by Gasteiger charge is -2.23. The summed E-state index contributed by atoms with van der Waals surface area (Å²) in [5.74, 6) is -0.874. The fourth-order valence-corrected chi connectivity index (χ4v) is 5.10. The van der Waals surface area contributed by atoms with Gasteiger partial charge in [0.05, 0.1) is 10.6 Å². The van der Waals surface area contributed by atoms with E-state index in [0.29, 0.717) is 19.1 Å². The number of nitrogens with one attached hydrogen (secondary N) is 1. The summed E-state index contributed by atoms with van der Waals surface area (Å²) in [5.41, 5.74) is 5.81. The summed E-state index contributed by atoms with van der Waals surface area (Å²) < 4.78 is 0. The second-order valence-corrected chi connectivity index (χ2v) is 9.20. The van der Waals surface area contributed by atoms with Crippen LogP contribution < -0.4 is 5.32 Å². The molecule has 5 nitrogen and oxygen atoms in total. The summed E-state index contributed by atoms with van der Waals surface area (Å²) in [6.07, 6.45) is 4.65. The number of fused-ring (bicyclic) bond motifs is 1. The number of hydrogen-bond acceptors (Lipinski definition) is 3. The van der Waals surface area contributed by atoms with Gasteiger partial charge in [-0.2, -0.15) is 0 Å². The van der Waals surface area contributed by atoms with E-state index in [-0.39, 0.29) is 16.5 Å². The average Bonchev–Trinajstić information content (AvgIpc) is 3.46. The SMILES string of the molecule is O=C(O)c1cc(-c2cccc(CNc3ccc4c(c3)CN(C3CCCC3)C4=O)c2)ccc1Cl. The van der Waals surface area contributed by atoms with E-state index in [1.54, 1.807) is 12.1 Å². The molecule has 3 aromatic carbocycles. The van der Waals surface area contributed by atoms with Crippen LogP contribution in [0.3, 0.4) is 0 Å². The number of nitrogens with zero attached hydrogens (tertiary/aromatic N) is 1. The Kier molecular flexibility index (Phi) is 5.81. The summed E-state index contributed by atoms with van der Waals surface area (Å²) in [4.78, 5) is 26.2. The monoisotopic (exact) mass is 460 g/mol. The van der Waals surface area contributed by atoms with E-state index < -0.39 is 5.97 Å². The molecule has 1 fully saturated rings. The van der Waals surface area contributed by atoms with E-state index in [2.05, 4.69) is 11.4 Å².